The normalized spacial score (nSPS) is 15.7. The molecule has 0 bridgehead atoms. The second-order valence-electron chi connectivity index (χ2n) is 29.1. The maximum absolute atomic E-state index is 15.9. The van der Waals surface area contributed by atoms with Gasteiger partial charge in [0.2, 0.25) is 11.2 Å². The van der Waals surface area contributed by atoms with Gasteiger partial charge in [-0.25, -0.2) is 18.7 Å². The monoisotopic (exact) mass is 1760 g/mol. The van der Waals surface area contributed by atoms with E-state index in [1.54, 1.807) is 70.9 Å². The highest BCUT2D eigenvalue weighted by Crippen LogP contribution is 2.45. The van der Waals surface area contributed by atoms with Crippen LogP contribution in [0.1, 0.15) is 62.1 Å². The summed E-state index contributed by atoms with van der Waals surface area (Å²) in [5.41, 5.74) is 14.9. The molecular formula is C77H105Br2ClF2N20O8P2S. The number of nitrogens with zero attached hydrogens (tertiary/aromatic N) is 16. The number of halogens is 5. The molecule has 36 heteroatoms. The summed E-state index contributed by atoms with van der Waals surface area (Å²) in [5, 5.41) is 34.1. The van der Waals surface area contributed by atoms with Gasteiger partial charge in [-0.3, -0.25) is 14.4 Å². The number of anilines is 9. The predicted octanol–water partition coefficient (Wildman–Crippen LogP) is 13.1. The molecule has 0 radical (unpaired) electrons. The van der Waals surface area contributed by atoms with E-state index in [-0.39, 0.29) is 31.9 Å². The van der Waals surface area contributed by atoms with Gasteiger partial charge in [-0.05, 0) is 197 Å². The second kappa shape index (κ2) is 40.2. The summed E-state index contributed by atoms with van der Waals surface area (Å²) >= 11 is 12.6. The average Bonchev–Trinajstić information content (AvgIpc) is 1.54. The number of benzene rings is 5. The maximum Gasteiger partial charge on any atom is 0.294 e. The Morgan fingerprint density at radius 1 is 0.593 bits per heavy atom. The molecule has 612 valence electrons. The summed E-state index contributed by atoms with van der Waals surface area (Å²) in [7, 11) is 1.04. The fourth-order valence-electron chi connectivity index (χ4n) is 13.5. The number of aryl methyl sites for hydroxylation is 5. The number of rotatable bonds is 19. The fraction of sp³-hybridized carbons (Fsp3) is 0.455. The summed E-state index contributed by atoms with van der Waals surface area (Å²) in [6.07, 6.45) is 12.8. The lowest BCUT2D eigenvalue weighted by atomic mass is 10.0. The smallest absolute Gasteiger partial charge is 0.294 e. The SMILES string of the molecule is CCCCO.COc1cc(N)c(C)cc1N1CCC(N2CCN(C)CC2)CC1.COc1cc(Nc2ncc(Br)c(Nc3ccc(-c4cnn(C)n4)c(F)c3P(C)(C)=O)n2)c(C)cc1N1CCC(N2CCN(C)CC2)CC1.Cc1ccc(S(=O)(=O)O)cc1.Cn1ncc(-c2ccc(Nc3nc(Cl)ncc3Br)c(P(C)(C)=O)c2F)n1. The molecule has 0 saturated carbocycles. The molecule has 28 nitrogen and oxygen atoms in total. The molecule has 13 rings (SSSR count). The van der Waals surface area contributed by atoms with Crippen molar-refractivity contribution in [2.24, 2.45) is 14.1 Å². The molecule has 113 heavy (non-hydrogen) atoms. The number of likely N-dealkylation sites (N-methyl/N-ethyl adjacent to an activating group) is 2. The van der Waals surface area contributed by atoms with Crippen molar-refractivity contribution in [3.05, 3.63) is 140 Å². The minimum atomic E-state index is -4.02. The number of hydrogen-bond acceptors (Lipinski definition) is 25. The van der Waals surface area contributed by atoms with Crippen LogP contribution in [-0.4, -0.2) is 240 Å². The standard InChI is InChI=1S/C33H43BrFN10O2P.C18H30N4O.C15H14BrClFN6OP.C7H8O3S.C4H10O/c1-21-17-28(45-11-9-22(10-12-45)44-15-13-42(2)14-16-44)29(47-4)18-26(21)39-33-36-19-24(34)32(40-33)38-25-8-7-23(27-20-37-43(3)41-27)30(35)31(25)48(5,6)46;1-14-12-17(18(23-3)13-16(14)19)22-6-4-15(5-7-22)21-10-8-20(2)9-11-21;1-24-20-7-11(23-24)8-4-5-10(13(12(8)18)26(2,3)25)21-14-9(16)6-19-15(17)22-14;1-6-2-4-7(5-3-6)11(8,9)10;1-2-3-4-5/h7-8,17-20,22H,9-16H2,1-6H3,(H2,36,38,39,40);12-13,15H,4-11,19H2,1-3H3;4-7H,1-3H3,(H,19,21,22);2-5H,1H3,(H,8,9,10);5H,2-4H2,1H3. The van der Waals surface area contributed by atoms with Gasteiger partial charge >= 0.3 is 0 Å². The lowest BCUT2D eigenvalue weighted by Crippen LogP contribution is -2.52. The van der Waals surface area contributed by atoms with Crippen LogP contribution in [0.5, 0.6) is 11.5 Å². The number of piperidine rings is 2. The van der Waals surface area contributed by atoms with Crippen LogP contribution in [0, 0.1) is 32.4 Å². The van der Waals surface area contributed by atoms with Crippen molar-refractivity contribution in [1.82, 2.24) is 69.5 Å². The molecule has 8 heterocycles. The van der Waals surface area contributed by atoms with E-state index in [0.29, 0.717) is 61.9 Å². The van der Waals surface area contributed by atoms with Crippen LogP contribution >= 0.6 is 57.7 Å². The summed E-state index contributed by atoms with van der Waals surface area (Å²) in [6, 6.07) is 22.1. The maximum atomic E-state index is 15.9. The van der Waals surface area contributed by atoms with Crippen LogP contribution in [0.15, 0.2) is 111 Å². The third kappa shape index (κ3) is 24.2. The van der Waals surface area contributed by atoms with Crippen molar-refractivity contribution in [1.29, 1.82) is 0 Å². The van der Waals surface area contributed by atoms with Gasteiger partial charge in [0.05, 0.1) is 73.8 Å². The molecule has 4 fully saturated rings. The van der Waals surface area contributed by atoms with E-state index >= 15 is 8.78 Å². The van der Waals surface area contributed by atoms with Gasteiger partial charge in [-0.1, -0.05) is 31.0 Å². The highest BCUT2D eigenvalue weighted by molar-refractivity contribution is 9.11. The molecule has 0 atom stereocenters. The van der Waals surface area contributed by atoms with Gasteiger partial charge < -0.3 is 65.0 Å². The van der Waals surface area contributed by atoms with Gasteiger partial charge in [0.1, 0.15) is 60.4 Å². The molecule has 4 aliphatic heterocycles. The number of aliphatic hydroxyl groups excluding tert-OH is 1. The summed E-state index contributed by atoms with van der Waals surface area (Å²) in [6.45, 7) is 28.0. The van der Waals surface area contributed by atoms with Crippen molar-refractivity contribution in [2.75, 3.05) is 172 Å². The first kappa shape index (κ1) is 89.2. The van der Waals surface area contributed by atoms with Crippen molar-refractivity contribution in [2.45, 2.75) is 83.2 Å². The minimum absolute atomic E-state index is 0.0325. The number of nitrogens with two attached hydrogens (primary N) is 1. The molecular weight excluding hydrogens is 1660 g/mol. The van der Waals surface area contributed by atoms with E-state index in [2.05, 4.69) is 158 Å². The Bertz CT molecular complexity index is 4920. The first-order valence-electron chi connectivity index (χ1n) is 37.2. The van der Waals surface area contributed by atoms with Crippen molar-refractivity contribution in [3.8, 4) is 34.0 Å². The largest absolute Gasteiger partial charge is 0.495 e. The highest BCUT2D eigenvalue weighted by Gasteiger charge is 2.32. The van der Waals surface area contributed by atoms with Gasteiger partial charge in [0.25, 0.3) is 10.1 Å². The van der Waals surface area contributed by atoms with E-state index < -0.39 is 36.0 Å². The van der Waals surface area contributed by atoms with E-state index in [9.17, 15) is 17.5 Å². The molecule has 0 spiro atoms. The van der Waals surface area contributed by atoms with E-state index in [4.69, 9.17) is 36.5 Å². The van der Waals surface area contributed by atoms with Crippen LogP contribution in [0.2, 0.25) is 5.28 Å². The molecule has 4 saturated heterocycles. The van der Waals surface area contributed by atoms with Crippen LogP contribution in [0.4, 0.5) is 60.5 Å². The number of aromatic nitrogens is 10. The zero-order valence-electron chi connectivity index (χ0n) is 66.6. The molecule has 0 unspecified atom stereocenters. The number of ether oxygens (including phenoxy) is 2. The van der Waals surface area contributed by atoms with Crippen LogP contribution in [0.3, 0.4) is 0 Å². The number of hydrogen-bond donors (Lipinski definition) is 6. The highest BCUT2D eigenvalue weighted by atomic mass is 79.9. The van der Waals surface area contributed by atoms with Gasteiger partial charge in [-0.15, -0.1) is 0 Å². The van der Waals surface area contributed by atoms with E-state index in [0.717, 1.165) is 129 Å². The molecule has 0 amide bonds. The van der Waals surface area contributed by atoms with Gasteiger partial charge in [-0.2, -0.15) is 48.4 Å². The van der Waals surface area contributed by atoms with E-state index in [1.807, 2.05) is 26.0 Å². The number of unbranched alkanes of at least 4 members (excludes halogenated alkanes) is 1. The summed E-state index contributed by atoms with van der Waals surface area (Å²) < 4.78 is 99.4. The number of methoxy groups -OCH3 is 2. The topological polar surface area (TPSA) is 322 Å². The first-order valence-corrected chi connectivity index (χ1v) is 45.8. The van der Waals surface area contributed by atoms with Crippen LogP contribution < -0.4 is 51.6 Å². The Balaban J connectivity index is 0.000000189. The van der Waals surface area contributed by atoms with Gasteiger partial charge in [0, 0.05) is 158 Å². The fourth-order valence-corrected chi connectivity index (χ4v) is 17.3. The quantitative estimate of drug-likeness (QED) is 0.0190. The first-order chi connectivity index (χ1) is 53.6. The summed E-state index contributed by atoms with van der Waals surface area (Å²) in [4.78, 5) is 34.7. The van der Waals surface area contributed by atoms with Crippen molar-refractivity contribution >= 4 is 130 Å². The summed E-state index contributed by atoms with van der Waals surface area (Å²) in [5.74, 6) is 1.52. The number of piperazine rings is 2. The Morgan fingerprint density at radius 3 is 1.42 bits per heavy atom. The Kier molecular flexibility index (Phi) is 31.7. The number of nitrogens with one attached hydrogen (secondary N) is 3. The molecule has 0 aliphatic carbocycles. The lowest BCUT2D eigenvalue weighted by molar-refractivity contribution is 0.0981. The lowest BCUT2D eigenvalue weighted by Gasteiger charge is -2.42. The molecule has 4 aliphatic rings. The third-order valence-electron chi connectivity index (χ3n) is 19.9. The average molecular weight is 1770 g/mol. The molecule has 4 aromatic heterocycles. The number of aliphatic hydroxyl groups is 1. The minimum Gasteiger partial charge on any atom is -0.495 e. The predicted molar refractivity (Wildman–Crippen MR) is 457 cm³/mol. The zero-order chi connectivity index (χ0) is 82.2. The number of nitrogen functional groups attached to an aromatic ring is 1. The second-order valence-corrected chi connectivity index (χ2v) is 38.9. The Labute approximate surface area is 683 Å². The zero-order valence-corrected chi connectivity index (χ0v) is 73.1. The Hall–Kier alpha value is -7.78. The van der Waals surface area contributed by atoms with Crippen molar-refractivity contribution in [3.63, 3.8) is 0 Å². The van der Waals surface area contributed by atoms with Crippen LogP contribution in [-0.2, 0) is 33.3 Å². The van der Waals surface area contributed by atoms with Gasteiger partial charge in [0.15, 0.2) is 0 Å². The molecule has 9 aromatic rings. The van der Waals surface area contributed by atoms with Crippen molar-refractivity contribution < 1.29 is 45.5 Å². The van der Waals surface area contributed by atoms with Crippen LogP contribution in [0.25, 0.3) is 22.5 Å². The van der Waals surface area contributed by atoms with E-state index in [1.165, 1.54) is 112 Å². The Morgan fingerprint density at radius 2 is 1.03 bits per heavy atom. The molecule has 5 aromatic carbocycles. The molecule has 7 N–H and O–H groups in total. The third-order valence-corrected chi connectivity index (χ3v) is 25.2.